The van der Waals surface area contributed by atoms with Gasteiger partial charge in [0.2, 0.25) is 0 Å². The molecule has 0 bridgehead atoms. The second-order valence-electron chi connectivity index (χ2n) is 1.43. The SMILES string of the molecule is CSc1ncc[nH]c1=O. The summed E-state index contributed by atoms with van der Waals surface area (Å²) in [7, 11) is 0. The number of nitrogens with zero attached hydrogens (tertiary/aromatic N) is 1. The Hall–Kier alpha value is -0.770. The lowest BCUT2D eigenvalue weighted by atomic mass is 10.7. The summed E-state index contributed by atoms with van der Waals surface area (Å²) in [4.78, 5) is 17.0. The van der Waals surface area contributed by atoms with Crippen molar-refractivity contribution in [2.75, 3.05) is 6.26 Å². The largest absolute Gasteiger partial charge is 0.325 e. The molecule has 0 amide bonds. The van der Waals surface area contributed by atoms with Crippen molar-refractivity contribution in [3.05, 3.63) is 22.7 Å². The lowest BCUT2D eigenvalue weighted by molar-refractivity contribution is 1.00. The first kappa shape index (κ1) is 6.35. The Labute approximate surface area is 56.5 Å². The van der Waals surface area contributed by atoms with Crippen molar-refractivity contribution < 1.29 is 0 Å². The number of aromatic amines is 1. The van der Waals surface area contributed by atoms with Gasteiger partial charge in [0.05, 0.1) is 0 Å². The van der Waals surface area contributed by atoms with Crippen molar-refractivity contribution in [3.63, 3.8) is 0 Å². The Kier molecular flexibility index (Phi) is 1.89. The van der Waals surface area contributed by atoms with Gasteiger partial charge in [0.1, 0.15) is 0 Å². The summed E-state index contributed by atoms with van der Waals surface area (Å²) in [5.41, 5.74) is -0.120. The summed E-state index contributed by atoms with van der Waals surface area (Å²) in [5, 5.41) is 0.512. The van der Waals surface area contributed by atoms with Crippen molar-refractivity contribution in [1.82, 2.24) is 9.97 Å². The quantitative estimate of drug-likeness (QED) is 0.580. The highest BCUT2D eigenvalue weighted by molar-refractivity contribution is 7.98. The molecule has 0 aliphatic carbocycles. The Morgan fingerprint density at radius 3 is 3.00 bits per heavy atom. The highest BCUT2D eigenvalue weighted by Gasteiger charge is 1.93. The van der Waals surface area contributed by atoms with Crippen LogP contribution in [-0.2, 0) is 0 Å². The Morgan fingerprint density at radius 1 is 1.78 bits per heavy atom. The predicted octanol–water partition coefficient (Wildman–Crippen LogP) is 0.492. The second-order valence-corrected chi connectivity index (χ2v) is 2.22. The first-order chi connectivity index (χ1) is 4.34. The van der Waals surface area contributed by atoms with E-state index in [0.29, 0.717) is 5.03 Å². The Morgan fingerprint density at radius 2 is 2.56 bits per heavy atom. The summed E-state index contributed by atoms with van der Waals surface area (Å²) in [5.74, 6) is 0. The average molecular weight is 142 g/mol. The molecule has 0 aromatic carbocycles. The maximum atomic E-state index is 10.7. The molecule has 1 heterocycles. The molecular weight excluding hydrogens is 136 g/mol. The fourth-order valence-corrected chi connectivity index (χ4v) is 0.894. The molecule has 4 heteroatoms. The first-order valence-corrected chi connectivity index (χ1v) is 3.65. The summed E-state index contributed by atoms with van der Waals surface area (Å²) < 4.78 is 0. The molecule has 9 heavy (non-hydrogen) atoms. The van der Waals surface area contributed by atoms with Crippen molar-refractivity contribution in [2.24, 2.45) is 0 Å². The molecule has 0 radical (unpaired) electrons. The van der Waals surface area contributed by atoms with Gasteiger partial charge < -0.3 is 4.98 Å². The van der Waals surface area contributed by atoms with Crippen LogP contribution in [0.25, 0.3) is 0 Å². The third kappa shape index (κ3) is 1.32. The van der Waals surface area contributed by atoms with E-state index in [2.05, 4.69) is 9.97 Å². The van der Waals surface area contributed by atoms with Gasteiger partial charge in [0.15, 0.2) is 5.03 Å². The molecule has 1 aromatic heterocycles. The number of hydrogen-bond acceptors (Lipinski definition) is 3. The highest BCUT2D eigenvalue weighted by atomic mass is 32.2. The first-order valence-electron chi connectivity index (χ1n) is 2.42. The fourth-order valence-electron chi connectivity index (χ4n) is 0.484. The molecule has 1 rings (SSSR count). The number of rotatable bonds is 1. The van der Waals surface area contributed by atoms with Crippen molar-refractivity contribution in [1.29, 1.82) is 0 Å². The normalized spacial score (nSPS) is 9.44. The van der Waals surface area contributed by atoms with E-state index in [-0.39, 0.29) is 5.56 Å². The Balaban J connectivity index is 3.16. The molecule has 0 fully saturated rings. The van der Waals surface area contributed by atoms with E-state index in [9.17, 15) is 4.79 Å². The summed E-state index contributed by atoms with van der Waals surface area (Å²) in [6.07, 6.45) is 4.90. The fraction of sp³-hybridized carbons (Fsp3) is 0.200. The minimum atomic E-state index is -0.120. The van der Waals surface area contributed by atoms with Crippen molar-refractivity contribution in [3.8, 4) is 0 Å². The van der Waals surface area contributed by atoms with E-state index in [1.165, 1.54) is 18.0 Å². The van der Waals surface area contributed by atoms with Crippen LogP contribution in [0.2, 0.25) is 0 Å². The molecular formula is C5H6N2OS. The standard InChI is InChI=1S/C5H6N2OS/c1-9-5-4(8)6-2-3-7-5/h2-3H,1H3,(H,6,8). The van der Waals surface area contributed by atoms with E-state index in [1.807, 2.05) is 6.26 Å². The molecule has 3 nitrogen and oxygen atoms in total. The van der Waals surface area contributed by atoms with Crippen LogP contribution in [0.5, 0.6) is 0 Å². The maximum absolute atomic E-state index is 10.7. The third-order valence-corrected chi connectivity index (χ3v) is 1.55. The zero-order chi connectivity index (χ0) is 6.69. The van der Waals surface area contributed by atoms with Gasteiger partial charge in [0.25, 0.3) is 5.56 Å². The van der Waals surface area contributed by atoms with Gasteiger partial charge in [0, 0.05) is 12.4 Å². The smallest absolute Gasteiger partial charge is 0.280 e. The highest BCUT2D eigenvalue weighted by Crippen LogP contribution is 2.00. The van der Waals surface area contributed by atoms with E-state index in [1.54, 1.807) is 6.20 Å². The topological polar surface area (TPSA) is 45.8 Å². The van der Waals surface area contributed by atoms with Crippen LogP contribution in [0.1, 0.15) is 0 Å². The van der Waals surface area contributed by atoms with Gasteiger partial charge in [-0.2, -0.15) is 0 Å². The van der Waals surface area contributed by atoms with E-state index in [4.69, 9.17) is 0 Å². The third-order valence-electron chi connectivity index (χ3n) is 0.868. The minimum Gasteiger partial charge on any atom is -0.325 e. The molecule has 1 aromatic rings. The van der Waals surface area contributed by atoms with Crippen molar-refractivity contribution in [2.45, 2.75) is 5.03 Å². The van der Waals surface area contributed by atoms with Crippen molar-refractivity contribution >= 4 is 11.8 Å². The zero-order valence-corrected chi connectivity index (χ0v) is 5.73. The van der Waals surface area contributed by atoms with Gasteiger partial charge >= 0.3 is 0 Å². The molecule has 0 unspecified atom stereocenters. The number of thioether (sulfide) groups is 1. The van der Waals surface area contributed by atoms with Gasteiger partial charge in [-0.05, 0) is 6.26 Å². The molecule has 0 aliphatic rings. The molecule has 0 saturated heterocycles. The van der Waals surface area contributed by atoms with E-state index >= 15 is 0 Å². The van der Waals surface area contributed by atoms with Crippen LogP contribution in [0.3, 0.4) is 0 Å². The van der Waals surface area contributed by atoms with Gasteiger partial charge in [-0.1, -0.05) is 0 Å². The van der Waals surface area contributed by atoms with Gasteiger partial charge in [-0.25, -0.2) is 4.98 Å². The van der Waals surface area contributed by atoms with Crippen LogP contribution in [0.4, 0.5) is 0 Å². The predicted molar refractivity (Wildman–Crippen MR) is 36.6 cm³/mol. The van der Waals surface area contributed by atoms with Crippen LogP contribution in [0.15, 0.2) is 22.2 Å². The van der Waals surface area contributed by atoms with Crippen LogP contribution in [0, 0.1) is 0 Å². The molecule has 0 spiro atoms. The lowest BCUT2D eigenvalue weighted by Gasteiger charge is -1.88. The molecule has 0 saturated carbocycles. The Bertz CT molecular complexity index is 245. The van der Waals surface area contributed by atoms with Crippen LogP contribution in [-0.4, -0.2) is 16.2 Å². The molecule has 48 valence electrons. The molecule has 0 atom stereocenters. The summed E-state index contributed by atoms with van der Waals surface area (Å²) >= 11 is 1.34. The van der Waals surface area contributed by atoms with E-state index in [0.717, 1.165) is 0 Å². The second kappa shape index (κ2) is 2.68. The zero-order valence-electron chi connectivity index (χ0n) is 4.92. The number of aromatic nitrogens is 2. The van der Waals surface area contributed by atoms with Crippen LogP contribution >= 0.6 is 11.8 Å². The molecule has 1 N–H and O–H groups in total. The average Bonchev–Trinajstić information content (AvgIpc) is 1.89. The lowest BCUT2D eigenvalue weighted by Crippen LogP contribution is -2.07. The molecule has 0 aliphatic heterocycles. The van der Waals surface area contributed by atoms with Gasteiger partial charge in [-0.15, -0.1) is 11.8 Å². The number of H-pyrrole nitrogens is 1. The maximum Gasteiger partial charge on any atom is 0.280 e. The van der Waals surface area contributed by atoms with Crippen LogP contribution < -0.4 is 5.56 Å². The minimum absolute atomic E-state index is 0.120. The number of hydrogen-bond donors (Lipinski definition) is 1. The van der Waals surface area contributed by atoms with Gasteiger partial charge in [-0.3, -0.25) is 4.79 Å². The monoisotopic (exact) mass is 142 g/mol. The number of nitrogens with one attached hydrogen (secondary N) is 1. The van der Waals surface area contributed by atoms with E-state index < -0.39 is 0 Å². The summed E-state index contributed by atoms with van der Waals surface area (Å²) in [6.45, 7) is 0. The summed E-state index contributed by atoms with van der Waals surface area (Å²) in [6, 6.07) is 0.